The van der Waals surface area contributed by atoms with Gasteiger partial charge in [0.05, 0.1) is 0 Å². The number of hydrogen-bond acceptors (Lipinski definition) is 1. The normalized spacial score (nSPS) is 19.8. The predicted molar refractivity (Wildman–Crippen MR) is 117 cm³/mol. The maximum atomic E-state index is 11.1. The first kappa shape index (κ1) is 23.0. The second kappa shape index (κ2) is 10.3. The Morgan fingerprint density at radius 1 is 1.15 bits per heavy atom. The van der Waals surface area contributed by atoms with E-state index < -0.39 is 5.97 Å². The van der Waals surface area contributed by atoms with Crippen LogP contribution in [0.4, 0.5) is 0 Å². The van der Waals surface area contributed by atoms with Crippen LogP contribution in [-0.2, 0) is 4.79 Å². The lowest BCUT2D eigenvalue weighted by Crippen LogP contribution is -2.19. The van der Waals surface area contributed by atoms with Crippen LogP contribution in [0.1, 0.15) is 74.1 Å². The Balaban J connectivity index is 2.88. The van der Waals surface area contributed by atoms with Gasteiger partial charge in [-0.15, -0.1) is 0 Å². The van der Waals surface area contributed by atoms with Crippen LogP contribution in [0.25, 0.3) is 0 Å². The summed E-state index contributed by atoms with van der Waals surface area (Å²) in [4.78, 5) is 11.1. The van der Waals surface area contributed by atoms with Gasteiger partial charge in [0.2, 0.25) is 0 Å². The third kappa shape index (κ3) is 7.21. The molecule has 1 N–H and O–H groups in total. The number of aliphatic carboxylic acids is 1. The molecule has 148 valence electrons. The summed E-state index contributed by atoms with van der Waals surface area (Å²) in [5, 5.41) is 9.14. The molecule has 0 saturated carbocycles. The lowest BCUT2D eigenvalue weighted by atomic mass is 9.72. The van der Waals surface area contributed by atoms with Gasteiger partial charge in [0.1, 0.15) is 0 Å². The van der Waals surface area contributed by atoms with Crippen LogP contribution in [0, 0.1) is 5.41 Å². The molecular formula is C25H36O2. The molecule has 0 atom stereocenters. The summed E-state index contributed by atoms with van der Waals surface area (Å²) < 4.78 is 0. The SMILES string of the molecule is CCC(C=C(C)C=CC=C(C)C=CC1=C(C)CCCC1(C)C)=C(C)C(=O)O. The highest BCUT2D eigenvalue weighted by molar-refractivity contribution is 5.87. The molecule has 1 rings (SSSR count). The summed E-state index contributed by atoms with van der Waals surface area (Å²) in [5.41, 5.74) is 6.78. The van der Waals surface area contributed by atoms with Crippen molar-refractivity contribution in [2.45, 2.75) is 74.1 Å². The van der Waals surface area contributed by atoms with Gasteiger partial charge < -0.3 is 5.11 Å². The first-order valence-electron chi connectivity index (χ1n) is 9.93. The summed E-state index contributed by atoms with van der Waals surface area (Å²) in [5.74, 6) is -0.851. The Morgan fingerprint density at radius 2 is 1.81 bits per heavy atom. The van der Waals surface area contributed by atoms with Crippen LogP contribution in [0.3, 0.4) is 0 Å². The fraction of sp³-hybridized carbons (Fsp3) is 0.480. The average molecular weight is 369 g/mol. The molecule has 0 radical (unpaired) electrons. The van der Waals surface area contributed by atoms with Crippen molar-refractivity contribution in [3.05, 3.63) is 69.9 Å². The van der Waals surface area contributed by atoms with Gasteiger partial charge in [0.25, 0.3) is 0 Å². The molecule has 2 nitrogen and oxygen atoms in total. The molecule has 1 aliphatic carbocycles. The molecule has 0 aromatic carbocycles. The molecule has 0 amide bonds. The monoisotopic (exact) mass is 368 g/mol. The van der Waals surface area contributed by atoms with E-state index in [4.69, 9.17) is 5.11 Å². The molecule has 0 saturated heterocycles. The van der Waals surface area contributed by atoms with Gasteiger partial charge in [-0.2, -0.15) is 0 Å². The Labute approximate surface area is 165 Å². The van der Waals surface area contributed by atoms with Crippen molar-refractivity contribution in [2.24, 2.45) is 5.41 Å². The lowest BCUT2D eigenvalue weighted by molar-refractivity contribution is -0.132. The number of carboxylic acids is 1. The first-order valence-corrected chi connectivity index (χ1v) is 9.93. The predicted octanol–water partition coefficient (Wildman–Crippen LogP) is 7.33. The highest BCUT2D eigenvalue weighted by Crippen LogP contribution is 2.40. The zero-order valence-electron chi connectivity index (χ0n) is 18.1. The van der Waals surface area contributed by atoms with Crippen molar-refractivity contribution in [1.82, 2.24) is 0 Å². The fourth-order valence-electron chi connectivity index (χ4n) is 3.57. The van der Waals surface area contributed by atoms with Gasteiger partial charge in [-0.1, -0.05) is 73.9 Å². The molecule has 0 fully saturated rings. The van der Waals surface area contributed by atoms with Gasteiger partial charge in [-0.25, -0.2) is 4.79 Å². The van der Waals surface area contributed by atoms with Gasteiger partial charge in [-0.05, 0) is 69.9 Å². The van der Waals surface area contributed by atoms with Crippen LogP contribution in [0.5, 0.6) is 0 Å². The second-order valence-corrected chi connectivity index (χ2v) is 8.23. The standard InChI is InChI=1S/C25H36O2/c1-8-22(21(5)24(26)27)17-19(3)12-9-11-18(2)14-15-23-20(4)13-10-16-25(23,6)7/h9,11-12,14-15,17H,8,10,13,16H2,1-7H3,(H,26,27). The number of allylic oxidation sites excluding steroid dienone is 11. The quantitative estimate of drug-likeness (QED) is 0.377. The Morgan fingerprint density at radius 3 is 2.37 bits per heavy atom. The van der Waals surface area contributed by atoms with Crippen molar-refractivity contribution < 1.29 is 9.90 Å². The summed E-state index contributed by atoms with van der Waals surface area (Å²) >= 11 is 0. The lowest BCUT2D eigenvalue weighted by Gasteiger charge is -2.32. The van der Waals surface area contributed by atoms with E-state index in [0.717, 1.165) is 11.1 Å². The number of rotatable bonds is 7. The van der Waals surface area contributed by atoms with E-state index in [-0.39, 0.29) is 5.41 Å². The second-order valence-electron chi connectivity index (χ2n) is 8.23. The van der Waals surface area contributed by atoms with E-state index in [0.29, 0.717) is 12.0 Å². The van der Waals surface area contributed by atoms with E-state index in [1.54, 1.807) is 6.92 Å². The number of hydrogen-bond donors (Lipinski definition) is 1. The summed E-state index contributed by atoms with van der Waals surface area (Å²) in [6.45, 7) is 14.7. The molecule has 0 aromatic heterocycles. The molecule has 0 spiro atoms. The Hall–Kier alpha value is -2.09. The minimum atomic E-state index is -0.851. The van der Waals surface area contributed by atoms with Crippen molar-refractivity contribution in [3.8, 4) is 0 Å². The van der Waals surface area contributed by atoms with E-state index >= 15 is 0 Å². The van der Waals surface area contributed by atoms with Gasteiger partial charge in [0.15, 0.2) is 0 Å². The maximum absolute atomic E-state index is 11.1. The van der Waals surface area contributed by atoms with Crippen LogP contribution in [0.15, 0.2) is 69.9 Å². The van der Waals surface area contributed by atoms with E-state index in [1.807, 2.05) is 32.1 Å². The van der Waals surface area contributed by atoms with Gasteiger partial charge in [0, 0.05) is 5.57 Å². The van der Waals surface area contributed by atoms with Crippen molar-refractivity contribution in [2.75, 3.05) is 0 Å². The smallest absolute Gasteiger partial charge is 0.331 e. The highest BCUT2D eigenvalue weighted by Gasteiger charge is 2.26. The molecule has 2 heteroatoms. The number of carbonyl (C=O) groups is 1. The Bertz CT molecular complexity index is 734. The van der Waals surface area contributed by atoms with E-state index in [9.17, 15) is 4.79 Å². The third-order valence-electron chi connectivity index (χ3n) is 5.36. The zero-order chi connectivity index (χ0) is 20.6. The maximum Gasteiger partial charge on any atom is 0.331 e. The Kier molecular flexibility index (Phi) is 8.75. The molecule has 0 aliphatic heterocycles. The largest absolute Gasteiger partial charge is 0.478 e. The zero-order valence-corrected chi connectivity index (χ0v) is 18.1. The highest BCUT2D eigenvalue weighted by atomic mass is 16.4. The van der Waals surface area contributed by atoms with E-state index in [1.165, 1.54) is 36.0 Å². The molecule has 27 heavy (non-hydrogen) atoms. The van der Waals surface area contributed by atoms with Crippen molar-refractivity contribution in [1.29, 1.82) is 0 Å². The molecule has 0 heterocycles. The third-order valence-corrected chi connectivity index (χ3v) is 5.36. The van der Waals surface area contributed by atoms with E-state index in [2.05, 4.69) is 45.9 Å². The van der Waals surface area contributed by atoms with Crippen LogP contribution < -0.4 is 0 Å². The first-order chi connectivity index (χ1) is 12.6. The molecule has 0 unspecified atom stereocenters. The van der Waals surface area contributed by atoms with Crippen LogP contribution in [-0.4, -0.2) is 11.1 Å². The van der Waals surface area contributed by atoms with Crippen molar-refractivity contribution >= 4 is 5.97 Å². The van der Waals surface area contributed by atoms with Crippen LogP contribution >= 0.6 is 0 Å². The fourth-order valence-corrected chi connectivity index (χ4v) is 3.57. The topological polar surface area (TPSA) is 37.3 Å². The summed E-state index contributed by atoms with van der Waals surface area (Å²) in [6, 6.07) is 0. The van der Waals surface area contributed by atoms with Gasteiger partial charge in [-0.3, -0.25) is 0 Å². The molecular weight excluding hydrogens is 332 g/mol. The number of carboxylic acid groups (broad SMARTS) is 1. The summed E-state index contributed by atoms with van der Waals surface area (Å²) in [7, 11) is 0. The minimum Gasteiger partial charge on any atom is -0.478 e. The molecule has 0 aromatic rings. The average Bonchev–Trinajstić information content (AvgIpc) is 2.57. The van der Waals surface area contributed by atoms with Crippen molar-refractivity contribution in [3.63, 3.8) is 0 Å². The molecule has 0 bridgehead atoms. The van der Waals surface area contributed by atoms with Gasteiger partial charge >= 0.3 is 5.97 Å². The minimum absolute atomic E-state index is 0.263. The molecule has 1 aliphatic rings. The summed E-state index contributed by atoms with van der Waals surface area (Å²) in [6.07, 6.45) is 17.0. The van der Waals surface area contributed by atoms with Crippen LogP contribution in [0.2, 0.25) is 0 Å².